The third-order valence-electron chi connectivity index (χ3n) is 2.42. The maximum Gasteiger partial charge on any atom is 0.124 e. The van der Waals surface area contributed by atoms with Crippen LogP contribution in [-0.4, -0.2) is 11.3 Å². The normalized spacial score (nSPS) is 10.6. The lowest BCUT2D eigenvalue weighted by molar-refractivity contribution is 0.474. The maximum atomic E-state index is 9.57. The highest BCUT2D eigenvalue weighted by atomic mass is 16.3. The molecule has 2 aromatic rings. The topological polar surface area (TPSA) is 32.6 Å². The van der Waals surface area contributed by atoms with Crippen molar-refractivity contribution in [2.45, 2.75) is 0 Å². The summed E-state index contributed by atoms with van der Waals surface area (Å²) in [6.45, 7) is 3.69. The summed E-state index contributed by atoms with van der Waals surface area (Å²) in [5.41, 5.74) is 2.62. The number of rotatable bonds is 3. The van der Waals surface area contributed by atoms with E-state index in [-0.39, 0.29) is 5.75 Å². The Morgan fingerprint density at radius 2 is 1.71 bits per heavy atom. The number of phenolic OH excluding ortho intramolecular Hbond substituents is 1. The Bertz CT molecular complexity index is 541. The van der Waals surface area contributed by atoms with Crippen LogP contribution < -0.4 is 0 Å². The minimum absolute atomic E-state index is 0.235. The molecular formula is C15H13NO. The average molecular weight is 223 g/mol. The first-order chi connectivity index (χ1) is 8.29. The summed E-state index contributed by atoms with van der Waals surface area (Å²) in [6, 6.07) is 14.8. The molecule has 0 aliphatic carbocycles. The van der Waals surface area contributed by atoms with Crippen LogP contribution in [0.15, 0.2) is 60.1 Å². The third-order valence-corrected chi connectivity index (χ3v) is 2.42. The highest BCUT2D eigenvalue weighted by molar-refractivity contribution is 5.85. The van der Waals surface area contributed by atoms with E-state index in [1.54, 1.807) is 24.4 Å². The quantitative estimate of drug-likeness (QED) is 0.789. The van der Waals surface area contributed by atoms with Crippen molar-refractivity contribution in [3.63, 3.8) is 0 Å². The van der Waals surface area contributed by atoms with Crippen molar-refractivity contribution < 1.29 is 5.11 Å². The van der Waals surface area contributed by atoms with Crippen LogP contribution in [-0.2, 0) is 0 Å². The lowest BCUT2D eigenvalue weighted by Gasteiger charge is -1.98. The van der Waals surface area contributed by atoms with E-state index in [0.29, 0.717) is 5.56 Å². The van der Waals surface area contributed by atoms with Crippen molar-refractivity contribution in [3.05, 3.63) is 66.2 Å². The molecule has 0 fully saturated rings. The third kappa shape index (κ3) is 2.82. The molecule has 0 atom stereocenters. The van der Waals surface area contributed by atoms with E-state index in [2.05, 4.69) is 11.6 Å². The second-order valence-electron chi connectivity index (χ2n) is 3.61. The molecule has 2 heteroatoms. The summed E-state index contributed by atoms with van der Waals surface area (Å²) < 4.78 is 0. The largest absolute Gasteiger partial charge is 0.507 e. The van der Waals surface area contributed by atoms with Gasteiger partial charge in [0.2, 0.25) is 0 Å². The number of nitrogens with zero attached hydrogens (tertiary/aromatic N) is 1. The highest BCUT2D eigenvalue weighted by Crippen LogP contribution is 2.17. The Morgan fingerprint density at radius 3 is 2.35 bits per heavy atom. The standard InChI is InChI=1S/C15H13NO/c1-2-12-7-9-14(10-8-12)16-11-13-5-3-4-6-15(13)17/h2-11,17H,1H2. The monoisotopic (exact) mass is 223 g/mol. The number of phenols is 1. The van der Waals surface area contributed by atoms with Gasteiger partial charge in [-0.25, -0.2) is 0 Å². The summed E-state index contributed by atoms with van der Waals surface area (Å²) in [4.78, 5) is 4.29. The first kappa shape index (κ1) is 11.1. The van der Waals surface area contributed by atoms with E-state index in [4.69, 9.17) is 0 Å². The molecule has 0 spiro atoms. The zero-order chi connectivity index (χ0) is 12.1. The van der Waals surface area contributed by atoms with Gasteiger partial charge in [-0.15, -0.1) is 0 Å². The van der Waals surface area contributed by atoms with Gasteiger partial charge in [0.25, 0.3) is 0 Å². The van der Waals surface area contributed by atoms with Crippen LogP contribution in [0.1, 0.15) is 11.1 Å². The Labute approximate surface area is 101 Å². The van der Waals surface area contributed by atoms with Crippen molar-refractivity contribution in [1.29, 1.82) is 0 Å². The average Bonchev–Trinajstić information content (AvgIpc) is 2.38. The van der Waals surface area contributed by atoms with Crippen LogP contribution >= 0.6 is 0 Å². The predicted molar refractivity (Wildman–Crippen MR) is 71.9 cm³/mol. The van der Waals surface area contributed by atoms with Gasteiger partial charge in [-0.2, -0.15) is 0 Å². The molecule has 17 heavy (non-hydrogen) atoms. The molecule has 0 aliphatic heterocycles. The summed E-state index contributed by atoms with van der Waals surface area (Å²) in [6.07, 6.45) is 3.44. The van der Waals surface area contributed by atoms with Gasteiger partial charge in [-0.05, 0) is 29.8 Å². The van der Waals surface area contributed by atoms with Gasteiger partial charge in [0, 0.05) is 11.8 Å². The molecule has 2 nitrogen and oxygen atoms in total. The molecule has 0 heterocycles. The summed E-state index contributed by atoms with van der Waals surface area (Å²) in [5.74, 6) is 0.235. The van der Waals surface area contributed by atoms with Gasteiger partial charge in [0.05, 0.1) is 5.69 Å². The van der Waals surface area contributed by atoms with E-state index in [9.17, 15) is 5.11 Å². The van der Waals surface area contributed by atoms with Crippen LogP contribution in [0.2, 0.25) is 0 Å². The second kappa shape index (κ2) is 5.12. The maximum absolute atomic E-state index is 9.57. The van der Waals surface area contributed by atoms with E-state index >= 15 is 0 Å². The van der Waals surface area contributed by atoms with Crippen molar-refractivity contribution in [1.82, 2.24) is 0 Å². The fourth-order valence-electron chi connectivity index (χ4n) is 1.44. The van der Waals surface area contributed by atoms with E-state index in [1.165, 1.54) is 0 Å². The van der Waals surface area contributed by atoms with Crippen LogP contribution in [0.5, 0.6) is 5.75 Å². The zero-order valence-corrected chi connectivity index (χ0v) is 9.38. The fraction of sp³-hybridized carbons (Fsp3) is 0. The van der Waals surface area contributed by atoms with E-state index in [1.807, 2.05) is 36.4 Å². The Balaban J connectivity index is 2.20. The number of aromatic hydroxyl groups is 1. The number of para-hydroxylation sites is 1. The predicted octanol–water partition coefficient (Wildman–Crippen LogP) is 3.79. The zero-order valence-electron chi connectivity index (χ0n) is 9.38. The van der Waals surface area contributed by atoms with E-state index in [0.717, 1.165) is 11.3 Å². The Morgan fingerprint density at radius 1 is 1.00 bits per heavy atom. The summed E-state index contributed by atoms with van der Waals surface area (Å²) in [7, 11) is 0. The Hall–Kier alpha value is -2.35. The number of benzene rings is 2. The number of aliphatic imine (C=N–C) groups is 1. The Kier molecular flexibility index (Phi) is 3.36. The van der Waals surface area contributed by atoms with Gasteiger partial charge in [-0.3, -0.25) is 4.99 Å². The summed E-state index contributed by atoms with van der Waals surface area (Å²) in [5, 5.41) is 9.57. The molecular weight excluding hydrogens is 210 g/mol. The van der Waals surface area contributed by atoms with Crippen LogP contribution in [0.3, 0.4) is 0 Å². The fourth-order valence-corrected chi connectivity index (χ4v) is 1.44. The molecule has 0 saturated carbocycles. The van der Waals surface area contributed by atoms with Crippen LogP contribution in [0.25, 0.3) is 6.08 Å². The smallest absolute Gasteiger partial charge is 0.124 e. The van der Waals surface area contributed by atoms with Crippen molar-refractivity contribution in [2.24, 2.45) is 4.99 Å². The van der Waals surface area contributed by atoms with Gasteiger partial charge in [-0.1, -0.05) is 36.9 Å². The van der Waals surface area contributed by atoms with Crippen molar-refractivity contribution >= 4 is 18.0 Å². The molecule has 0 unspecified atom stereocenters. The molecule has 0 aliphatic rings. The van der Waals surface area contributed by atoms with E-state index < -0.39 is 0 Å². The highest BCUT2D eigenvalue weighted by Gasteiger charge is 1.95. The van der Waals surface area contributed by atoms with Crippen LogP contribution in [0.4, 0.5) is 5.69 Å². The lowest BCUT2D eigenvalue weighted by atomic mass is 10.2. The lowest BCUT2D eigenvalue weighted by Crippen LogP contribution is -1.80. The minimum atomic E-state index is 0.235. The second-order valence-corrected chi connectivity index (χ2v) is 3.61. The minimum Gasteiger partial charge on any atom is -0.507 e. The molecule has 2 aromatic carbocycles. The molecule has 0 saturated heterocycles. The van der Waals surface area contributed by atoms with Crippen molar-refractivity contribution in [3.8, 4) is 5.75 Å². The molecule has 0 aromatic heterocycles. The van der Waals surface area contributed by atoms with Gasteiger partial charge >= 0.3 is 0 Å². The van der Waals surface area contributed by atoms with Gasteiger partial charge < -0.3 is 5.11 Å². The van der Waals surface area contributed by atoms with Crippen molar-refractivity contribution in [2.75, 3.05) is 0 Å². The SMILES string of the molecule is C=Cc1ccc(N=Cc2ccccc2O)cc1. The first-order valence-electron chi connectivity index (χ1n) is 5.34. The molecule has 84 valence electrons. The van der Waals surface area contributed by atoms with Crippen LogP contribution in [0, 0.1) is 0 Å². The molecule has 0 bridgehead atoms. The number of hydrogen-bond acceptors (Lipinski definition) is 2. The molecule has 0 radical (unpaired) electrons. The van der Waals surface area contributed by atoms with Gasteiger partial charge in [0.15, 0.2) is 0 Å². The molecule has 0 amide bonds. The molecule has 2 rings (SSSR count). The first-order valence-corrected chi connectivity index (χ1v) is 5.34. The molecule has 1 N–H and O–H groups in total. The van der Waals surface area contributed by atoms with Gasteiger partial charge in [0.1, 0.15) is 5.75 Å². The summed E-state index contributed by atoms with van der Waals surface area (Å²) >= 11 is 0. The number of hydrogen-bond donors (Lipinski definition) is 1.